The first-order valence-corrected chi connectivity index (χ1v) is 9.28. The molecule has 28 heavy (non-hydrogen) atoms. The van der Waals surface area contributed by atoms with Crippen molar-refractivity contribution in [2.75, 3.05) is 18.5 Å². The smallest absolute Gasteiger partial charge is 0.326 e. The van der Waals surface area contributed by atoms with Crippen LogP contribution in [0.3, 0.4) is 0 Å². The molecule has 1 aromatic carbocycles. The number of likely N-dealkylation sites (tertiary alicyclic amines) is 1. The highest BCUT2D eigenvalue weighted by Gasteiger charge is 2.48. The number of nitrogens with zero attached hydrogens (tertiary/aromatic N) is 1. The topological polar surface area (TPSA) is 110 Å². The van der Waals surface area contributed by atoms with Crippen LogP contribution in [0.2, 0.25) is 0 Å². The van der Waals surface area contributed by atoms with Gasteiger partial charge in [0, 0.05) is 18.2 Å². The molecule has 1 N–H and O–H groups in total. The molecule has 2 atom stereocenters. The van der Waals surface area contributed by atoms with E-state index in [0.717, 1.165) is 17.7 Å². The Morgan fingerprint density at radius 2 is 1.61 bits per heavy atom. The van der Waals surface area contributed by atoms with Crippen molar-refractivity contribution in [3.63, 3.8) is 0 Å². The Balaban J connectivity index is 1.51. The molecule has 0 aromatic heterocycles. The molecule has 0 unspecified atom stereocenters. The van der Waals surface area contributed by atoms with Gasteiger partial charge in [0.25, 0.3) is 0 Å². The number of rotatable bonds is 6. The number of fused-ring (bicyclic) bond motifs is 1. The van der Waals surface area contributed by atoms with Gasteiger partial charge in [-0.05, 0) is 37.1 Å². The molecular weight excluding hydrogens is 364 g/mol. The van der Waals surface area contributed by atoms with Crippen molar-refractivity contribution in [2.24, 2.45) is 11.8 Å². The second kappa shape index (κ2) is 8.33. The van der Waals surface area contributed by atoms with Crippen molar-refractivity contribution in [1.29, 1.82) is 0 Å². The van der Waals surface area contributed by atoms with Crippen molar-refractivity contribution >= 4 is 35.2 Å². The van der Waals surface area contributed by atoms with Gasteiger partial charge in [-0.2, -0.15) is 0 Å². The number of imide groups is 1. The van der Waals surface area contributed by atoms with E-state index in [0.29, 0.717) is 24.1 Å². The number of Topliss-reactive ketones (excluding diaryl/α,β-unsaturated/α-hetero) is 1. The maximum atomic E-state index is 12.4. The lowest BCUT2D eigenvalue weighted by Gasteiger charge is -2.19. The summed E-state index contributed by atoms with van der Waals surface area (Å²) in [6.45, 7) is 0.435. The number of ketones is 1. The summed E-state index contributed by atoms with van der Waals surface area (Å²) in [4.78, 5) is 60.8. The van der Waals surface area contributed by atoms with Gasteiger partial charge in [-0.25, -0.2) is 0 Å². The normalized spacial score (nSPS) is 21.2. The van der Waals surface area contributed by atoms with Crippen molar-refractivity contribution in [1.82, 2.24) is 4.90 Å². The maximum Gasteiger partial charge on any atom is 0.326 e. The van der Waals surface area contributed by atoms with Gasteiger partial charge in [0.2, 0.25) is 17.7 Å². The van der Waals surface area contributed by atoms with Crippen molar-refractivity contribution < 1.29 is 28.7 Å². The minimum absolute atomic E-state index is 0.223. The Kier molecular flexibility index (Phi) is 5.87. The lowest BCUT2D eigenvalue weighted by atomic mass is 9.81. The fourth-order valence-electron chi connectivity index (χ4n) is 3.73. The van der Waals surface area contributed by atoms with Crippen molar-refractivity contribution in [3.05, 3.63) is 29.8 Å². The second-order valence-corrected chi connectivity index (χ2v) is 7.10. The van der Waals surface area contributed by atoms with Crippen LogP contribution < -0.4 is 5.32 Å². The minimum Gasteiger partial charge on any atom is -0.456 e. The van der Waals surface area contributed by atoms with Gasteiger partial charge in [0.05, 0.1) is 11.8 Å². The molecule has 0 radical (unpaired) electrons. The van der Waals surface area contributed by atoms with Crippen LogP contribution in [-0.2, 0) is 23.9 Å². The van der Waals surface area contributed by atoms with Crippen LogP contribution in [0.1, 0.15) is 43.0 Å². The lowest BCUT2D eigenvalue weighted by molar-refractivity contribution is -0.152. The number of ether oxygens (including phenoxy) is 1. The predicted molar refractivity (Wildman–Crippen MR) is 98.2 cm³/mol. The predicted octanol–water partition coefficient (Wildman–Crippen LogP) is 1.55. The van der Waals surface area contributed by atoms with Crippen LogP contribution in [0.25, 0.3) is 0 Å². The minimum atomic E-state index is -0.788. The Bertz CT molecular complexity index is 792. The van der Waals surface area contributed by atoms with E-state index >= 15 is 0 Å². The van der Waals surface area contributed by atoms with Gasteiger partial charge in [0.15, 0.2) is 12.4 Å². The fraction of sp³-hybridized carbons (Fsp3) is 0.450. The number of carbonyl (C=O) groups is 5. The standard InChI is InChI=1S/C20H22N2O6/c1-12(23)21-14-8-6-13(7-9-14)17(24)11-28-18(25)10-22-19(26)15-4-2-3-5-16(15)20(22)27/h6-9,15-16H,2-5,10-11H2,1H3,(H,21,23)/t15-,16-/m1/s1. The van der Waals surface area contributed by atoms with E-state index in [4.69, 9.17) is 4.74 Å². The SMILES string of the molecule is CC(=O)Nc1ccc(C(=O)COC(=O)CN2C(=O)[C@@H]3CCCC[C@H]3C2=O)cc1. The van der Waals surface area contributed by atoms with Crippen LogP contribution in [-0.4, -0.2) is 47.5 Å². The third kappa shape index (κ3) is 4.27. The van der Waals surface area contributed by atoms with E-state index in [9.17, 15) is 24.0 Å². The van der Waals surface area contributed by atoms with E-state index in [2.05, 4.69) is 5.32 Å². The largest absolute Gasteiger partial charge is 0.456 e. The highest BCUT2D eigenvalue weighted by Crippen LogP contribution is 2.37. The average Bonchev–Trinajstić information content (AvgIpc) is 2.91. The number of amides is 3. The number of hydrogen-bond acceptors (Lipinski definition) is 6. The molecule has 1 aromatic rings. The van der Waals surface area contributed by atoms with Crippen LogP contribution in [0.15, 0.2) is 24.3 Å². The highest BCUT2D eigenvalue weighted by atomic mass is 16.5. The summed E-state index contributed by atoms with van der Waals surface area (Å²) in [6, 6.07) is 6.17. The van der Waals surface area contributed by atoms with Crippen LogP contribution >= 0.6 is 0 Å². The third-order valence-electron chi connectivity index (χ3n) is 5.11. The number of carbonyl (C=O) groups excluding carboxylic acids is 5. The molecule has 0 bridgehead atoms. The van der Waals surface area contributed by atoms with Crippen LogP contribution in [0.5, 0.6) is 0 Å². The molecule has 1 aliphatic carbocycles. The maximum absolute atomic E-state index is 12.4. The molecule has 2 aliphatic rings. The zero-order chi connectivity index (χ0) is 20.3. The van der Waals surface area contributed by atoms with E-state index in [1.807, 2.05) is 0 Å². The average molecular weight is 386 g/mol. The molecule has 3 amide bonds. The van der Waals surface area contributed by atoms with Gasteiger partial charge in [-0.1, -0.05) is 12.8 Å². The highest BCUT2D eigenvalue weighted by molar-refractivity contribution is 6.07. The van der Waals surface area contributed by atoms with Crippen molar-refractivity contribution in [2.45, 2.75) is 32.6 Å². The molecular formula is C20H22N2O6. The van der Waals surface area contributed by atoms with E-state index in [-0.39, 0.29) is 29.6 Å². The molecule has 0 spiro atoms. The number of benzene rings is 1. The number of anilines is 1. The zero-order valence-corrected chi connectivity index (χ0v) is 15.6. The second-order valence-electron chi connectivity index (χ2n) is 7.10. The molecule has 3 rings (SSSR count). The first-order valence-electron chi connectivity index (χ1n) is 9.28. The summed E-state index contributed by atoms with van der Waals surface area (Å²) >= 11 is 0. The summed E-state index contributed by atoms with van der Waals surface area (Å²) in [6.07, 6.45) is 3.17. The zero-order valence-electron chi connectivity index (χ0n) is 15.6. The van der Waals surface area contributed by atoms with Crippen LogP contribution in [0, 0.1) is 11.8 Å². The van der Waals surface area contributed by atoms with Gasteiger partial charge in [-0.15, -0.1) is 0 Å². The molecule has 1 heterocycles. The van der Waals surface area contributed by atoms with Crippen LogP contribution in [0.4, 0.5) is 5.69 Å². The van der Waals surface area contributed by atoms with Gasteiger partial charge < -0.3 is 10.1 Å². The summed E-state index contributed by atoms with van der Waals surface area (Å²) in [7, 11) is 0. The first kappa shape index (κ1) is 19.7. The summed E-state index contributed by atoms with van der Waals surface area (Å²) in [5.74, 6) is -2.70. The monoisotopic (exact) mass is 386 g/mol. The van der Waals surface area contributed by atoms with E-state index in [1.54, 1.807) is 12.1 Å². The Labute approximate surface area is 162 Å². The quantitative estimate of drug-likeness (QED) is 0.451. The lowest BCUT2D eigenvalue weighted by Crippen LogP contribution is -2.37. The Morgan fingerprint density at radius 1 is 1.04 bits per heavy atom. The number of nitrogens with one attached hydrogen (secondary N) is 1. The van der Waals surface area contributed by atoms with Gasteiger partial charge >= 0.3 is 5.97 Å². The number of esters is 1. The summed E-state index contributed by atoms with van der Waals surface area (Å²) in [5, 5.41) is 2.59. The third-order valence-corrected chi connectivity index (χ3v) is 5.11. The fourth-order valence-corrected chi connectivity index (χ4v) is 3.73. The summed E-state index contributed by atoms with van der Waals surface area (Å²) in [5.41, 5.74) is 0.870. The van der Waals surface area contributed by atoms with E-state index < -0.39 is 24.9 Å². The molecule has 1 saturated carbocycles. The van der Waals surface area contributed by atoms with Gasteiger partial charge in [-0.3, -0.25) is 28.9 Å². The molecule has 148 valence electrons. The Hall–Kier alpha value is -3.03. The van der Waals surface area contributed by atoms with Gasteiger partial charge in [0.1, 0.15) is 6.54 Å². The molecule has 8 nitrogen and oxygen atoms in total. The summed E-state index contributed by atoms with van der Waals surface area (Å²) < 4.78 is 4.96. The molecule has 1 saturated heterocycles. The number of hydrogen-bond donors (Lipinski definition) is 1. The molecule has 2 fully saturated rings. The molecule has 8 heteroatoms. The molecule has 1 aliphatic heterocycles. The first-order chi connectivity index (χ1) is 13.4. The van der Waals surface area contributed by atoms with E-state index in [1.165, 1.54) is 19.1 Å². The Morgan fingerprint density at radius 3 is 2.14 bits per heavy atom. The van der Waals surface area contributed by atoms with Crippen molar-refractivity contribution in [3.8, 4) is 0 Å².